The van der Waals surface area contributed by atoms with Gasteiger partial charge in [-0.2, -0.15) is 0 Å². The third-order valence-corrected chi connectivity index (χ3v) is 4.05. The summed E-state index contributed by atoms with van der Waals surface area (Å²) in [6.45, 7) is 2.89. The Balaban J connectivity index is 1.77. The molecule has 0 fully saturated rings. The van der Waals surface area contributed by atoms with Crippen LogP contribution in [-0.4, -0.2) is 17.4 Å². The average Bonchev–Trinajstić information content (AvgIpc) is 2.65. The van der Waals surface area contributed by atoms with E-state index in [0.717, 1.165) is 22.9 Å². The van der Waals surface area contributed by atoms with Gasteiger partial charge in [0.05, 0.1) is 6.61 Å². The molecular weight excluding hydrogens is 298 g/mol. The number of pyridine rings is 1. The molecule has 0 unspecified atom stereocenters. The zero-order valence-corrected chi connectivity index (χ0v) is 13.9. The minimum absolute atomic E-state index is 0.0168. The quantitative estimate of drug-likeness (QED) is 0.452. The number of rotatable bonds is 7. The van der Waals surface area contributed by atoms with Crippen molar-refractivity contribution in [2.24, 2.45) is 0 Å². The van der Waals surface area contributed by atoms with Crippen LogP contribution in [0.1, 0.15) is 42.1 Å². The first-order chi connectivity index (χ1) is 11.8. The summed E-state index contributed by atoms with van der Waals surface area (Å²) in [5, 5.41) is 1.90. The fourth-order valence-electron chi connectivity index (χ4n) is 2.70. The number of hydrogen-bond donors (Lipinski definition) is 0. The van der Waals surface area contributed by atoms with Gasteiger partial charge in [0.1, 0.15) is 5.75 Å². The Morgan fingerprint density at radius 3 is 2.58 bits per heavy atom. The Labute approximate surface area is 142 Å². The Hall–Kier alpha value is -2.68. The van der Waals surface area contributed by atoms with E-state index in [1.807, 2.05) is 48.5 Å². The van der Waals surface area contributed by atoms with E-state index >= 15 is 0 Å². The number of ether oxygens (including phenoxy) is 1. The third-order valence-electron chi connectivity index (χ3n) is 4.05. The number of unbranched alkanes of at least 4 members (excludes halogenated alkanes) is 2. The van der Waals surface area contributed by atoms with E-state index in [-0.39, 0.29) is 5.78 Å². The summed E-state index contributed by atoms with van der Waals surface area (Å²) in [6, 6.07) is 15.2. The van der Waals surface area contributed by atoms with Gasteiger partial charge in [-0.3, -0.25) is 9.78 Å². The first-order valence-electron chi connectivity index (χ1n) is 8.40. The molecule has 0 bridgehead atoms. The Bertz CT molecular complexity index is 819. The van der Waals surface area contributed by atoms with Crippen LogP contribution in [0.25, 0.3) is 10.8 Å². The van der Waals surface area contributed by atoms with Gasteiger partial charge in [0.15, 0.2) is 5.78 Å². The molecule has 3 nitrogen and oxygen atoms in total. The summed E-state index contributed by atoms with van der Waals surface area (Å²) in [5.74, 6) is 0.788. The van der Waals surface area contributed by atoms with E-state index in [9.17, 15) is 4.79 Å². The number of carbonyl (C=O) groups excluding carboxylic acids is 1. The molecule has 0 N–H and O–H groups in total. The second-order valence-corrected chi connectivity index (χ2v) is 5.82. The lowest BCUT2D eigenvalue weighted by atomic mass is 10.00. The van der Waals surface area contributed by atoms with Gasteiger partial charge in [0.25, 0.3) is 0 Å². The number of carbonyl (C=O) groups is 1. The van der Waals surface area contributed by atoms with Gasteiger partial charge in [0, 0.05) is 28.9 Å². The lowest BCUT2D eigenvalue weighted by Crippen LogP contribution is -2.03. The van der Waals surface area contributed by atoms with E-state index < -0.39 is 0 Å². The van der Waals surface area contributed by atoms with Crippen LogP contribution in [0.2, 0.25) is 0 Å². The molecule has 24 heavy (non-hydrogen) atoms. The Kier molecular flexibility index (Phi) is 5.22. The van der Waals surface area contributed by atoms with Crippen LogP contribution in [0.4, 0.5) is 0 Å². The van der Waals surface area contributed by atoms with Gasteiger partial charge >= 0.3 is 0 Å². The molecule has 122 valence electrons. The van der Waals surface area contributed by atoms with Crippen molar-refractivity contribution in [2.45, 2.75) is 26.2 Å². The molecule has 0 amide bonds. The molecule has 0 spiro atoms. The fraction of sp³-hybridized carbons (Fsp3) is 0.238. The van der Waals surface area contributed by atoms with Crippen LogP contribution in [0.15, 0.2) is 60.9 Å². The molecule has 0 saturated carbocycles. The third kappa shape index (κ3) is 3.62. The minimum Gasteiger partial charge on any atom is -0.494 e. The Morgan fingerprint density at radius 2 is 1.79 bits per heavy atom. The van der Waals surface area contributed by atoms with Crippen molar-refractivity contribution in [1.29, 1.82) is 0 Å². The maximum absolute atomic E-state index is 12.8. The van der Waals surface area contributed by atoms with Crippen molar-refractivity contribution >= 4 is 16.6 Å². The van der Waals surface area contributed by atoms with Gasteiger partial charge < -0.3 is 4.74 Å². The molecular formula is C21H21NO2. The van der Waals surface area contributed by atoms with Gasteiger partial charge in [-0.15, -0.1) is 0 Å². The van der Waals surface area contributed by atoms with Crippen molar-refractivity contribution in [3.8, 4) is 5.75 Å². The Morgan fingerprint density at radius 1 is 1.00 bits per heavy atom. The molecule has 0 radical (unpaired) electrons. The number of hydrogen-bond acceptors (Lipinski definition) is 3. The molecule has 0 atom stereocenters. The summed E-state index contributed by atoms with van der Waals surface area (Å²) in [5.41, 5.74) is 1.28. The maximum Gasteiger partial charge on any atom is 0.195 e. The number of fused-ring (bicyclic) bond motifs is 1. The van der Waals surface area contributed by atoms with Crippen molar-refractivity contribution < 1.29 is 9.53 Å². The topological polar surface area (TPSA) is 39.2 Å². The molecule has 3 heteroatoms. The second-order valence-electron chi connectivity index (χ2n) is 5.82. The van der Waals surface area contributed by atoms with E-state index in [0.29, 0.717) is 17.7 Å². The lowest BCUT2D eigenvalue weighted by Gasteiger charge is -2.08. The fourth-order valence-corrected chi connectivity index (χ4v) is 2.70. The molecule has 0 aliphatic rings. The largest absolute Gasteiger partial charge is 0.494 e. The highest BCUT2D eigenvalue weighted by atomic mass is 16.5. The van der Waals surface area contributed by atoms with Crippen LogP contribution in [-0.2, 0) is 0 Å². The van der Waals surface area contributed by atoms with Crippen LogP contribution < -0.4 is 4.74 Å². The van der Waals surface area contributed by atoms with Crippen LogP contribution in [0, 0.1) is 0 Å². The van der Waals surface area contributed by atoms with Crippen LogP contribution in [0.5, 0.6) is 5.75 Å². The smallest absolute Gasteiger partial charge is 0.195 e. The first kappa shape index (κ1) is 16.2. The van der Waals surface area contributed by atoms with E-state index in [1.165, 1.54) is 12.8 Å². The summed E-state index contributed by atoms with van der Waals surface area (Å²) < 4.78 is 5.70. The predicted molar refractivity (Wildman–Crippen MR) is 96.6 cm³/mol. The molecule has 1 aromatic heterocycles. The van der Waals surface area contributed by atoms with Crippen molar-refractivity contribution in [2.75, 3.05) is 6.61 Å². The van der Waals surface area contributed by atoms with Crippen molar-refractivity contribution in [3.63, 3.8) is 0 Å². The van der Waals surface area contributed by atoms with Gasteiger partial charge in [-0.05, 0) is 36.1 Å². The number of nitrogens with zero attached hydrogens (tertiary/aromatic N) is 1. The highest BCUT2D eigenvalue weighted by molar-refractivity contribution is 6.16. The molecule has 0 saturated heterocycles. The van der Waals surface area contributed by atoms with Crippen LogP contribution >= 0.6 is 0 Å². The van der Waals surface area contributed by atoms with Gasteiger partial charge in [-0.1, -0.05) is 44.0 Å². The summed E-state index contributed by atoms with van der Waals surface area (Å²) in [4.78, 5) is 17.0. The zero-order chi connectivity index (χ0) is 16.8. The van der Waals surface area contributed by atoms with E-state index in [4.69, 9.17) is 4.74 Å². The predicted octanol–water partition coefficient (Wildman–Crippen LogP) is 5.03. The van der Waals surface area contributed by atoms with Crippen molar-refractivity contribution in [3.05, 3.63) is 72.1 Å². The van der Waals surface area contributed by atoms with E-state index in [1.54, 1.807) is 12.4 Å². The minimum atomic E-state index is -0.0168. The van der Waals surface area contributed by atoms with E-state index in [2.05, 4.69) is 11.9 Å². The molecule has 3 aromatic rings. The summed E-state index contributed by atoms with van der Waals surface area (Å²) >= 11 is 0. The first-order valence-corrected chi connectivity index (χ1v) is 8.40. The highest BCUT2D eigenvalue weighted by Crippen LogP contribution is 2.21. The molecule has 2 aromatic carbocycles. The number of ketones is 1. The lowest BCUT2D eigenvalue weighted by molar-refractivity contribution is 0.104. The van der Waals surface area contributed by atoms with Gasteiger partial charge in [-0.25, -0.2) is 0 Å². The van der Waals surface area contributed by atoms with Crippen LogP contribution in [0.3, 0.4) is 0 Å². The average molecular weight is 319 g/mol. The summed E-state index contributed by atoms with van der Waals surface area (Å²) in [7, 11) is 0. The maximum atomic E-state index is 12.8. The molecule has 0 aliphatic heterocycles. The second kappa shape index (κ2) is 7.73. The molecule has 1 heterocycles. The van der Waals surface area contributed by atoms with Crippen molar-refractivity contribution in [1.82, 2.24) is 4.98 Å². The molecule has 0 aliphatic carbocycles. The number of benzene rings is 2. The zero-order valence-electron chi connectivity index (χ0n) is 13.9. The summed E-state index contributed by atoms with van der Waals surface area (Å²) in [6.07, 6.45) is 6.82. The highest BCUT2D eigenvalue weighted by Gasteiger charge is 2.13. The molecule has 3 rings (SSSR count). The normalized spacial score (nSPS) is 10.7. The SMILES string of the molecule is CCCCCOc1ccc(C(=O)c2cncc3ccccc23)cc1. The number of aromatic nitrogens is 1. The monoisotopic (exact) mass is 319 g/mol. The van der Waals surface area contributed by atoms with Gasteiger partial charge in [0.2, 0.25) is 0 Å². The standard InChI is InChI=1S/C21H21NO2/c1-2-3-6-13-24-18-11-9-16(10-12-18)21(23)20-15-22-14-17-7-4-5-8-19(17)20/h4-5,7-12,14-15H,2-3,6,13H2,1H3.